The smallest absolute Gasteiger partial charge is 0.169 e. The van der Waals surface area contributed by atoms with E-state index < -0.39 is 0 Å². The van der Waals surface area contributed by atoms with Gasteiger partial charge >= 0.3 is 0 Å². The van der Waals surface area contributed by atoms with Gasteiger partial charge in [-0.05, 0) is 75.0 Å². The average Bonchev–Trinajstić information content (AvgIpc) is 3.52. The Kier molecular flexibility index (Phi) is 6.50. The van der Waals surface area contributed by atoms with Crippen LogP contribution in [0.2, 0.25) is 0 Å². The molecule has 1 aromatic heterocycles. The summed E-state index contributed by atoms with van der Waals surface area (Å²) in [6.45, 7) is 0. The van der Waals surface area contributed by atoms with E-state index in [1.54, 1.807) is 0 Å². The Morgan fingerprint density at radius 2 is 1.04 bits per heavy atom. The number of hydrogen-bond acceptors (Lipinski definition) is 4. The molecule has 0 spiro atoms. The number of fused-ring (bicyclic) bond motifs is 4. The van der Waals surface area contributed by atoms with Gasteiger partial charge in [-0.2, -0.15) is 0 Å². The molecule has 1 atom stereocenters. The Balaban J connectivity index is 1.10. The van der Waals surface area contributed by atoms with Crippen molar-refractivity contribution in [2.24, 2.45) is 9.98 Å². The molecule has 0 amide bonds. The van der Waals surface area contributed by atoms with Gasteiger partial charge in [0.05, 0.1) is 0 Å². The standard InChI is InChI=1S/C43H29N3O/c1-3-10-28(11-4-1)32-16-9-17-33(24-32)34-21-23-39-38(26-34)37-22-20-36(27-40(37)47-39)43-45-41(30-13-5-2-6-14-30)44-42(46-43)35-19-18-29-12-7-8-15-31(29)25-35/h1-27,42H,(H,44,45,46). The van der Waals surface area contributed by atoms with Gasteiger partial charge in [-0.3, -0.25) is 0 Å². The van der Waals surface area contributed by atoms with E-state index in [1.807, 2.05) is 24.3 Å². The summed E-state index contributed by atoms with van der Waals surface area (Å²) >= 11 is 0. The van der Waals surface area contributed by atoms with Gasteiger partial charge in [-0.1, -0.05) is 127 Å². The van der Waals surface area contributed by atoms with E-state index in [9.17, 15) is 0 Å². The van der Waals surface area contributed by atoms with Crippen LogP contribution in [0, 0.1) is 0 Å². The third kappa shape index (κ3) is 5.06. The lowest BCUT2D eigenvalue weighted by molar-refractivity contribution is 0.669. The number of nitrogens with zero attached hydrogens (tertiary/aromatic N) is 2. The van der Waals surface area contributed by atoms with Crippen LogP contribution in [0.3, 0.4) is 0 Å². The van der Waals surface area contributed by atoms with E-state index in [4.69, 9.17) is 14.4 Å². The molecule has 0 fully saturated rings. The SMILES string of the molecule is c1ccc(C2=NC(c3ccc4ccccc4c3)N=C(c3ccc4c(c3)oc3ccc(-c5cccc(-c6ccccc6)c5)cc34)N2)cc1. The van der Waals surface area contributed by atoms with Crippen molar-refractivity contribution in [2.75, 3.05) is 0 Å². The van der Waals surface area contributed by atoms with Gasteiger partial charge in [0.15, 0.2) is 6.17 Å². The van der Waals surface area contributed by atoms with Crippen LogP contribution in [0.25, 0.3) is 55.0 Å². The first-order valence-electron chi connectivity index (χ1n) is 15.8. The Labute approximate surface area is 272 Å². The molecular formula is C43H29N3O. The highest BCUT2D eigenvalue weighted by Crippen LogP contribution is 2.35. The van der Waals surface area contributed by atoms with Crippen LogP contribution in [-0.4, -0.2) is 11.7 Å². The van der Waals surface area contributed by atoms with Crippen LogP contribution in [0.1, 0.15) is 22.9 Å². The molecule has 0 saturated carbocycles. The van der Waals surface area contributed by atoms with E-state index >= 15 is 0 Å². The molecule has 0 aliphatic carbocycles. The second kappa shape index (κ2) is 11.3. The summed E-state index contributed by atoms with van der Waals surface area (Å²) in [7, 11) is 0. The second-order valence-electron chi connectivity index (χ2n) is 11.9. The second-order valence-corrected chi connectivity index (χ2v) is 11.9. The van der Waals surface area contributed by atoms with Crippen molar-refractivity contribution < 1.29 is 4.42 Å². The van der Waals surface area contributed by atoms with Crippen molar-refractivity contribution in [3.05, 3.63) is 180 Å². The van der Waals surface area contributed by atoms with Gasteiger partial charge in [0.2, 0.25) is 0 Å². The monoisotopic (exact) mass is 603 g/mol. The first kappa shape index (κ1) is 27.1. The predicted octanol–water partition coefficient (Wildman–Crippen LogP) is 10.6. The number of amidine groups is 2. The van der Waals surface area contributed by atoms with E-state index in [0.29, 0.717) is 0 Å². The number of aliphatic imine (C=N–C) groups is 2. The summed E-state index contributed by atoms with van der Waals surface area (Å²) in [4.78, 5) is 10.2. The molecule has 1 N–H and O–H groups in total. The molecule has 4 nitrogen and oxygen atoms in total. The van der Waals surface area contributed by atoms with Crippen molar-refractivity contribution >= 4 is 44.4 Å². The van der Waals surface area contributed by atoms with Crippen molar-refractivity contribution in [3.8, 4) is 22.3 Å². The highest BCUT2D eigenvalue weighted by molar-refractivity contribution is 6.17. The van der Waals surface area contributed by atoms with E-state index in [0.717, 1.165) is 55.9 Å². The summed E-state index contributed by atoms with van der Waals surface area (Å²) in [6, 6.07) is 57.1. The van der Waals surface area contributed by atoms with E-state index in [2.05, 4.69) is 145 Å². The largest absolute Gasteiger partial charge is 0.456 e. The fourth-order valence-corrected chi connectivity index (χ4v) is 6.47. The van der Waals surface area contributed by atoms with Gasteiger partial charge in [-0.25, -0.2) is 9.98 Å². The molecule has 9 rings (SSSR count). The third-order valence-corrected chi connectivity index (χ3v) is 8.91. The maximum Gasteiger partial charge on any atom is 0.169 e. The van der Waals surface area contributed by atoms with Crippen molar-refractivity contribution in [2.45, 2.75) is 6.17 Å². The fraction of sp³-hybridized carbons (Fsp3) is 0.0233. The summed E-state index contributed by atoms with van der Waals surface area (Å²) in [5.74, 6) is 1.55. The minimum atomic E-state index is -0.383. The fourth-order valence-electron chi connectivity index (χ4n) is 6.47. The normalized spacial score (nSPS) is 14.6. The van der Waals surface area contributed by atoms with Crippen LogP contribution in [0.15, 0.2) is 178 Å². The zero-order valence-electron chi connectivity index (χ0n) is 25.5. The van der Waals surface area contributed by atoms with Gasteiger partial charge in [0, 0.05) is 21.9 Å². The summed E-state index contributed by atoms with van der Waals surface area (Å²) in [5.41, 5.74) is 9.42. The molecule has 0 bridgehead atoms. The third-order valence-electron chi connectivity index (χ3n) is 8.91. The van der Waals surface area contributed by atoms with Crippen LogP contribution < -0.4 is 5.32 Å². The van der Waals surface area contributed by atoms with Gasteiger partial charge in [0.1, 0.15) is 22.8 Å². The van der Waals surface area contributed by atoms with Crippen LogP contribution in [0.4, 0.5) is 0 Å². The van der Waals surface area contributed by atoms with E-state index in [1.165, 1.54) is 27.5 Å². The molecular weight excluding hydrogens is 574 g/mol. The molecule has 0 saturated heterocycles. The molecule has 0 radical (unpaired) electrons. The topological polar surface area (TPSA) is 49.9 Å². The quantitative estimate of drug-likeness (QED) is 0.213. The van der Waals surface area contributed by atoms with Gasteiger partial charge in [0.25, 0.3) is 0 Å². The van der Waals surface area contributed by atoms with Gasteiger partial charge in [-0.15, -0.1) is 0 Å². The number of hydrogen-bond donors (Lipinski definition) is 1. The van der Waals surface area contributed by atoms with Gasteiger partial charge < -0.3 is 9.73 Å². The minimum Gasteiger partial charge on any atom is -0.456 e. The van der Waals surface area contributed by atoms with Crippen molar-refractivity contribution in [3.63, 3.8) is 0 Å². The highest BCUT2D eigenvalue weighted by atomic mass is 16.3. The number of benzene rings is 7. The van der Waals surface area contributed by atoms with Crippen LogP contribution in [-0.2, 0) is 0 Å². The zero-order chi connectivity index (χ0) is 31.2. The lowest BCUT2D eigenvalue weighted by atomic mass is 9.98. The van der Waals surface area contributed by atoms with Crippen molar-refractivity contribution in [1.29, 1.82) is 0 Å². The molecule has 4 heteroatoms. The molecule has 47 heavy (non-hydrogen) atoms. The van der Waals surface area contributed by atoms with Crippen LogP contribution in [0.5, 0.6) is 0 Å². The predicted molar refractivity (Wildman–Crippen MR) is 194 cm³/mol. The maximum absolute atomic E-state index is 6.43. The molecule has 1 aliphatic heterocycles. The summed E-state index contributed by atoms with van der Waals surface area (Å²) in [6.07, 6.45) is -0.383. The molecule has 7 aromatic carbocycles. The van der Waals surface area contributed by atoms with Crippen molar-refractivity contribution in [1.82, 2.24) is 5.32 Å². The Morgan fingerprint density at radius 1 is 0.404 bits per heavy atom. The molecule has 222 valence electrons. The number of nitrogens with one attached hydrogen (secondary N) is 1. The minimum absolute atomic E-state index is 0.383. The average molecular weight is 604 g/mol. The molecule has 2 heterocycles. The Morgan fingerprint density at radius 3 is 1.85 bits per heavy atom. The summed E-state index contributed by atoms with van der Waals surface area (Å²) in [5, 5.41) is 8.06. The number of furan rings is 1. The molecule has 1 unspecified atom stereocenters. The first-order chi connectivity index (χ1) is 23.2. The first-order valence-corrected chi connectivity index (χ1v) is 15.8. The van der Waals surface area contributed by atoms with E-state index in [-0.39, 0.29) is 6.17 Å². The highest BCUT2D eigenvalue weighted by Gasteiger charge is 2.22. The Bertz CT molecular complexity index is 2490. The maximum atomic E-state index is 6.43. The molecule has 1 aliphatic rings. The lowest BCUT2D eigenvalue weighted by Crippen LogP contribution is -2.36. The Hall–Kier alpha value is -6.26. The van der Waals surface area contributed by atoms with Crippen LogP contribution >= 0.6 is 0 Å². The number of rotatable bonds is 5. The molecule has 8 aromatic rings. The summed E-state index contributed by atoms with van der Waals surface area (Å²) < 4.78 is 6.43. The lowest BCUT2D eigenvalue weighted by Gasteiger charge is -2.22. The zero-order valence-corrected chi connectivity index (χ0v) is 25.5.